The Balaban J connectivity index is 2.71. The Morgan fingerprint density at radius 2 is 1.79 bits per heavy atom. The molecule has 0 aromatic heterocycles. The van der Waals surface area contributed by atoms with Gasteiger partial charge < -0.3 is 14.9 Å². The SMILES string of the molecule is O=C(O)OC(=O)C(O)c1ccccc1. The van der Waals surface area contributed by atoms with E-state index in [0.29, 0.717) is 5.56 Å². The molecule has 1 atom stereocenters. The lowest BCUT2D eigenvalue weighted by molar-refractivity contribution is -0.148. The summed E-state index contributed by atoms with van der Waals surface area (Å²) in [7, 11) is 0. The summed E-state index contributed by atoms with van der Waals surface area (Å²) in [5, 5.41) is 17.4. The van der Waals surface area contributed by atoms with Crippen molar-refractivity contribution in [3.05, 3.63) is 35.9 Å². The van der Waals surface area contributed by atoms with Crippen molar-refractivity contribution in [3.63, 3.8) is 0 Å². The van der Waals surface area contributed by atoms with Crippen molar-refractivity contribution >= 4 is 12.1 Å². The van der Waals surface area contributed by atoms with E-state index in [2.05, 4.69) is 4.74 Å². The number of hydrogen-bond acceptors (Lipinski definition) is 4. The Kier molecular flexibility index (Phi) is 3.19. The van der Waals surface area contributed by atoms with Crippen molar-refractivity contribution in [2.45, 2.75) is 6.10 Å². The molecular formula is C9H8O5. The summed E-state index contributed by atoms with van der Waals surface area (Å²) in [6.07, 6.45) is -3.29. The van der Waals surface area contributed by atoms with Gasteiger partial charge in [0.2, 0.25) is 0 Å². The lowest BCUT2D eigenvalue weighted by atomic mass is 10.1. The molecule has 1 unspecified atom stereocenters. The largest absolute Gasteiger partial charge is 0.513 e. The van der Waals surface area contributed by atoms with Gasteiger partial charge in [0.25, 0.3) is 0 Å². The molecule has 1 rings (SSSR count). The fourth-order valence-corrected chi connectivity index (χ4v) is 0.913. The average molecular weight is 196 g/mol. The first-order valence-corrected chi connectivity index (χ1v) is 3.79. The van der Waals surface area contributed by atoms with Gasteiger partial charge in [-0.2, -0.15) is 0 Å². The van der Waals surface area contributed by atoms with Gasteiger partial charge in [0, 0.05) is 0 Å². The third-order valence-corrected chi connectivity index (χ3v) is 1.53. The van der Waals surface area contributed by atoms with E-state index in [1.807, 2.05) is 0 Å². The number of esters is 1. The maximum Gasteiger partial charge on any atom is 0.513 e. The first kappa shape index (κ1) is 10.2. The van der Waals surface area contributed by atoms with Gasteiger partial charge >= 0.3 is 12.1 Å². The maximum absolute atomic E-state index is 10.9. The molecule has 5 heteroatoms. The molecule has 0 heterocycles. The molecule has 0 aliphatic heterocycles. The number of hydrogen-bond donors (Lipinski definition) is 2. The van der Waals surface area contributed by atoms with Crippen molar-refractivity contribution in [3.8, 4) is 0 Å². The minimum Gasteiger partial charge on any atom is -0.449 e. The van der Waals surface area contributed by atoms with Gasteiger partial charge in [-0.15, -0.1) is 0 Å². The number of carbonyl (C=O) groups excluding carboxylic acids is 1. The quantitative estimate of drug-likeness (QED) is 0.543. The van der Waals surface area contributed by atoms with Gasteiger partial charge in [-0.3, -0.25) is 0 Å². The van der Waals surface area contributed by atoms with Gasteiger partial charge in [-0.25, -0.2) is 9.59 Å². The highest BCUT2D eigenvalue weighted by Crippen LogP contribution is 2.13. The number of carboxylic acid groups (broad SMARTS) is 1. The summed E-state index contributed by atoms with van der Waals surface area (Å²) in [6, 6.07) is 7.93. The molecule has 14 heavy (non-hydrogen) atoms. The maximum atomic E-state index is 10.9. The van der Waals surface area contributed by atoms with Gasteiger partial charge in [-0.1, -0.05) is 30.3 Å². The third-order valence-electron chi connectivity index (χ3n) is 1.53. The van der Waals surface area contributed by atoms with Gasteiger partial charge in [0.05, 0.1) is 0 Å². The van der Waals surface area contributed by atoms with E-state index in [-0.39, 0.29) is 0 Å². The zero-order valence-electron chi connectivity index (χ0n) is 7.08. The minimum absolute atomic E-state index is 0.291. The first-order chi connectivity index (χ1) is 6.61. The summed E-state index contributed by atoms with van der Waals surface area (Å²) in [4.78, 5) is 20.9. The predicted molar refractivity (Wildman–Crippen MR) is 45.5 cm³/mol. The third kappa shape index (κ3) is 2.56. The van der Waals surface area contributed by atoms with Crippen LogP contribution in [-0.2, 0) is 9.53 Å². The molecular weight excluding hydrogens is 188 g/mol. The van der Waals surface area contributed by atoms with E-state index >= 15 is 0 Å². The van der Waals surface area contributed by atoms with Crippen LogP contribution < -0.4 is 0 Å². The summed E-state index contributed by atoms with van der Waals surface area (Å²) < 4.78 is 3.79. The van der Waals surface area contributed by atoms with Crippen molar-refractivity contribution in [1.29, 1.82) is 0 Å². The second-order valence-corrected chi connectivity index (χ2v) is 2.50. The summed E-state index contributed by atoms with van der Waals surface area (Å²) in [5.74, 6) is -1.20. The van der Waals surface area contributed by atoms with Crippen LogP contribution in [0.25, 0.3) is 0 Å². The molecule has 0 saturated heterocycles. The average Bonchev–Trinajstić information content (AvgIpc) is 2.17. The molecule has 0 aliphatic rings. The molecule has 0 spiro atoms. The summed E-state index contributed by atoms with van der Waals surface area (Å²) in [5.41, 5.74) is 0.291. The van der Waals surface area contributed by atoms with Crippen LogP contribution in [0.1, 0.15) is 11.7 Å². The van der Waals surface area contributed by atoms with E-state index in [1.54, 1.807) is 18.2 Å². The Bertz CT molecular complexity index is 332. The fraction of sp³-hybridized carbons (Fsp3) is 0.111. The second-order valence-electron chi connectivity index (χ2n) is 2.50. The minimum atomic E-state index is -1.73. The van der Waals surface area contributed by atoms with E-state index < -0.39 is 18.2 Å². The standard InChI is InChI=1S/C9H8O5/c10-7(8(11)14-9(12)13)6-4-2-1-3-5-6/h1-5,7,10H,(H,12,13). The Hall–Kier alpha value is -1.88. The highest BCUT2D eigenvalue weighted by atomic mass is 16.7. The molecule has 5 nitrogen and oxygen atoms in total. The van der Waals surface area contributed by atoms with Crippen LogP contribution in [0.5, 0.6) is 0 Å². The molecule has 0 aliphatic carbocycles. The van der Waals surface area contributed by atoms with E-state index in [9.17, 15) is 14.7 Å². The van der Waals surface area contributed by atoms with Crippen LogP contribution >= 0.6 is 0 Å². The van der Waals surface area contributed by atoms with Crippen LogP contribution in [-0.4, -0.2) is 22.3 Å². The van der Waals surface area contributed by atoms with Crippen LogP contribution in [0, 0.1) is 0 Å². The Labute approximate surface area is 79.6 Å². The van der Waals surface area contributed by atoms with Crippen LogP contribution in [0.3, 0.4) is 0 Å². The number of aliphatic hydroxyl groups excluding tert-OH is 1. The van der Waals surface area contributed by atoms with Gasteiger partial charge in [0.15, 0.2) is 6.10 Å². The second kappa shape index (κ2) is 4.38. The van der Waals surface area contributed by atoms with Gasteiger partial charge in [-0.05, 0) is 5.56 Å². The topological polar surface area (TPSA) is 83.8 Å². The van der Waals surface area contributed by atoms with Crippen LogP contribution in [0.15, 0.2) is 30.3 Å². The summed E-state index contributed by atoms with van der Waals surface area (Å²) >= 11 is 0. The number of benzene rings is 1. The molecule has 0 saturated carbocycles. The normalized spacial score (nSPS) is 11.8. The van der Waals surface area contributed by atoms with Crippen LogP contribution in [0.4, 0.5) is 4.79 Å². The number of carbonyl (C=O) groups is 2. The molecule has 74 valence electrons. The molecule has 0 radical (unpaired) electrons. The Morgan fingerprint density at radius 1 is 1.21 bits per heavy atom. The fourth-order valence-electron chi connectivity index (χ4n) is 0.913. The molecule has 0 fully saturated rings. The lowest BCUT2D eigenvalue weighted by Crippen LogP contribution is -2.18. The van der Waals surface area contributed by atoms with E-state index in [1.165, 1.54) is 12.1 Å². The Morgan fingerprint density at radius 3 is 2.29 bits per heavy atom. The molecule has 0 bridgehead atoms. The smallest absolute Gasteiger partial charge is 0.449 e. The van der Waals surface area contributed by atoms with Crippen LogP contribution in [0.2, 0.25) is 0 Å². The highest BCUT2D eigenvalue weighted by molar-refractivity contribution is 5.84. The lowest BCUT2D eigenvalue weighted by Gasteiger charge is -2.07. The number of ether oxygens (including phenoxy) is 1. The zero-order valence-corrected chi connectivity index (χ0v) is 7.08. The first-order valence-electron chi connectivity index (χ1n) is 3.79. The number of aliphatic hydroxyl groups is 1. The molecule has 2 N–H and O–H groups in total. The summed E-state index contributed by atoms with van der Waals surface area (Å²) in [6.45, 7) is 0. The van der Waals surface area contributed by atoms with Gasteiger partial charge in [0.1, 0.15) is 0 Å². The predicted octanol–water partition coefficient (Wildman–Crippen LogP) is 0.941. The molecule has 0 amide bonds. The van der Waals surface area contributed by atoms with Crippen molar-refractivity contribution < 1.29 is 24.5 Å². The van der Waals surface area contributed by atoms with E-state index in [0.717, 1.165) is 0 Å². The van der Waals surface area contributed by atoms with Crippen molar-refractivity contribution in [2.75, 3.05) is 0 Å². The van der Waals surface area contributed by atoms with E-state index in [4.69, 9.17) is 5.11 Å². The van der Waals surface area contributed by atoms with Crippen molar-refractivity contribution in [2.24, 2.45) is 0 Å². The molecule has 1 aromatic carbocycles. The molecule has 1 aromatic rings. The highest BCUT2D eigenvalue weighted by Gasteiger charge is 2.21. The zero-order chi connectivity index (χ0) is 10.6. The number of rotatable bonds is 2. The monoisotopic (exact) mass is 196 g/mol. The van der Waals surface area contributed by atoms with Crippen molar-refractivity contribution in [1.82, 2.24) is 0 Å².